The molecule has 1 heterocycles. The van der Waals surface area contributed by atoms with Gasteiger partial charge in [-0.15, -0.1) is 10.2 Å². The summed E-state index contributed by atoms with van der Waals surface area (Å²) in [5.74, 6) is 1.90. The smallest absolute Gasteiger partial charge is 0.493 e. The first-order valence-electron chi connectivity index (χ1n) is 5.46. The lowest BCUT2D eigenvalue weighted by Crippen LogP contribution is -2.68. The summed E-state index contributed by atoms with van der Waals surface area (Å²) in [4.78, 5) is 9.36. The number of methoxy groups -OCH3 is 2. The van der Waals surface area contributed by atoms with Gasteiger partial charge in [-0.3, -0.25) is 4.42 Å². The topological polar surface area (TPSA) is 145 Å². The predicted molar refractivity (Wildman–Crippen MR) is 59.1 cm³/mol. The quantitative estimate of drug-likeness (QED) is 0.536. The highest BCUT2D eigenvalue weighted by molar-refractivity contribution is 5.87. The van der Waals surface area contributed by atoms with Crippen molar-refractivity contribution in [2.45, 2.75) is 6.92 Å². The molecule has 0 amide bonds. The molecule has 0 aliphatic carbocycles. The Labute approximate surface area is 121 Å². The molecule has 1 aromatic carbocycles. The van der Waals surface area contributed by atoms with Crippen molar-refractivity contribution in [3.63, 3.8) is 0 Å². The van der Waals surface area contributed by atoms with Crippen molar-refractivity contribution in [2.75, 3.05) is 14.2 Å². The summed E-state index contributed by atoms with van der Waals surface area (Å²) in [5.41, 5.74) is -0.114. The Kier molecular flexibility index (Phi) is 5.53. The van der Waals surface area contributed by atoms with Gasteiger partial charge in [-0.05, 0) is 12.1 Å². The highest BCUT2D eigenvalue weighted by atomic mass is 35.7. The SMILES string of the molecule is COc1cc2cc(=[OH+])oc(C)c2cc1OC.[O-][Cl+3]([O-])([O-])[O-]. The lowest BCUT2D eigenvalue weighted by Gasteiger charge is -2.17. The molecule has 8 nitrogen and oxygen atoms in total. The van der Waals surface area contributed by atoms with Gasteiger partial charge in [0.15, 0.2) is 11.5 Å². The minimum Gasteiger partial charge on any atom is -0.493 e. The van der Waals surface area contributed by atoms with Crippen LogP contribution in [0.4, 0.5) is 0 Å². The highest BCUT2D eigenvalue weighted by Gasteiger charge is 2.12. The Bertz CT molecular complexity index is 667. The maximum absolute atomic E-state index is 9.36. The van der Waals surface area contributed by atoms with Gasteiger partial charge < -0.3 is 14.3 Å². The van der Waals surface area contributed by atoms with Crippen LogP contribution in [0.1, 0.15) is 5.76 Å². The van der Waals surface area contributed by atoms with Crippen LogP contribution in [-0.2, 0) is 0 Å². The summed E-state index contributed by atoms with van der Waals surface area (Å²) in [6.07, 6.45) is 0. The summed E-state index contributed by atoms with van der Waals surface area (Å²) in [6, 6.07) is 5.17. The minimum absolute atomic E-state index is 0.114. The Morgan fingerprint density at radius 2 is 1.48 bits per heavy atom. The van der Waals surface area contributed by atoms with E-state index in [-0.39, 0.29) is 5.63 Å². The zero-order valence-electron chi connectivity index (χ0n) is 11.4. The molecule has 0 atom stereocenters. The largest absolute Gasteiger partial charge is 0.516 e. The number of rotatable bonds is 2. The van der Waals surface area contributed by atoms with E-state index in [4.69, 9.17) is 32.5 Å². The molecule has 0 fully saturated rings. The van der Waals surface area contributed by atoms with Gasteiger partial charge in [0.2, 0.25) is 5.76 Å². The fourth-order valence-electron chi connectivity index (χ4n) is 1.69. The second-order valence-electron chi connectivity index (χ2n) is 3.81. The Morgan fingerprint density at radius 3 is 1.95 bits per heavy atom. The van der Waals surface area contributed by atoms with Crippen LogP contribution >= 0.6 is 0 Å². The molecule has 0 aliphatic rings. The van der Waals surface area contributed by atoms with Crippen molar-refractivity contribution in [3.8, 4) is 11.5 Å². The number of benzene rings is 1. The standard InChI is InChI=1S/C12H12O4.ClHO4/c1-7-9-6-11(15-3)10(14-2)4-8(9)5-12(13)16-7;2-1(3,4)5/h4-6H,1-3H3;(H,2,3,4,5). The summed E-state index contributed by atoms with van der Waals surface area (Å²) < 4.78 is 49.5. The zero-order chi connectivity index (χ0) is 16.2. The zero-order valence-corrected chi connectivity index (χ0v) is 12.2. The first-order valence-corrected chi connectivity index (χ1v) is 6.69. The summed E-state index contributed by atoms with van der Waals surface area (Å²) >= 11 is 0. The monoisotopic (exact) mass is 320 g/mol. The fraction of sp³-hybridized carbons (Fsp3) is 0.250. The van der Waals surface area contributed by atoms with Crippen LogP contribution in [0.15, 0.2) is 22.6 Å². The molecule has 0 unspecified atom stereocenters. The lowest BCUT2D eigenvalue weighted by molar-refractivity contribution is -2.00. The van der Waals surface area contributed by atoms with Gasteiger partial charge >= 0.3 is 5.63 Å². The average molecular weight is 321 g/mol. The normalized spacial score (nSPS) is 10.8. The predicted octanol–water partition coefficient (Wildman–Crippen LogP) is -2.99. The van der Waals surface area contributed by atoms with Crippen LogP contribution in [0.2, 0.25) is 0 Å². The molecule has 0 saturated carbocycles. The van der Waals surface area contributed by atoms with E-state index in [1.54, 1.807) is 33.3 Å². The minimum atomic E-state index is -4.94. The maximum Gasteiger partial charge on any atom is 0.516 e. The molecule has 116 valence electrons. The molecule has 0 radical (unpaired) electrons. The van der Waals surface area contributed by atoms with Crippen molar-refractivity contribution < 1.29 is 47.6 Å². The van der Waals surface area contributed by atoms with Gasteiger partial charge in [-0.1, -0.05) is 0 Å². The van der Waals surface area contributed by atoms with Crippen molar-refractivity contribution in [3.05, 3.63) is 29.6 Å². The van der Waals surface area contributed by atoms with Gasteiger partial charge in [0.05, 0.1) is 25.7 Å². The van der Waals surface area contributed by atoms with Crippen LogP contribution in [0.25, 0.3) is 10.8 Å². The van der Waals surface area contributed by atoms with E-state index in [0.29, 0.717) is 17.3 Å². The molecular weight excluding hydrogens is 308 g/mol. The van der Waals surface area contributed by atoms with E-state index in [1.807, 2.05) is 6.07 Å². The van der Waals surface area contributed by atoms with Gasteiger partial charge in [0.25, 0.3) is 0 Å². The third-order valence-corrected chi connectivity index (χ3v) is 2.47. The Hall–Kier alpha value is -1.84. The molecular formula is C12H13ClO8. The maximum atomic E-state index is 9.36. The van der Waals surface area contributed by atoms with E-state index in [1.165, 1.54) is 0 Å². The van der Waals surface area contributed by atoms with Crippen molar-refractivity contribution >= 4 is 10.8 Å². The third kappa shape index (κ3) is 5.21. The van der Waals surface area contributed by atoms with Crippen molar-refractivity contribution in [1.29, 1.82) is 0 Å². The van der Waals surface area contributed by atoms with Crippen LogP contribution in [0.3, 0.4) is 0 Å². The van der Waals surface area contributed by atoms with Gasteiger partial charge in [-0.2, -0.15) is 0 Å². The number of hydrogen-bond acceptors (Lipinski definition) is 7. The second-order valence-corrected chi connectivity index (χ2v) is 4.57. The number of ether oxygens (including phenoxy) is 2. The molecule has 2 rings (SSSR count). The first-order chi connectivity index (χ1) is 9.65. The molecule has 9 heteroatoms. The van der Waals surface area contributed by atoms with E-state index in [0.717, 1.165) is 10.8 Å². The number of halogens is 1. The van der Waals surface area contributed by atoms with E-state index >= 15 is 0 Å². The molecule has 1 N–H and O–H groups in total. The van der Waals surface area contributed by atoms with E-state index in [2.05, 4.69) is 0 Å². The van der Waals surface area contributed by atoms with Crippen molar-refractivity contribution in [2.24, 2.45) is 0 Å². The summed E-state index contributed by atoms with van der Waals surface area (Å²) in [7, 11) is -1.79. The van der Waals surface area contributed by atoms with Gasteiger partial charge in [-0.25, -0.2) is 18.6 Å². The van der Waals surface area contributed by atoms with Crippen LogP contribution in [0, 0.1) is 17.2 Å². The highest BCUT2D eigenvalue weighted by Crippen LogP contribution is 2.32. The van der Waals surface area contributed by atoms with Crippen LogP contribution < -0.4 is 33.7 Å². The summed E-state index contributed by atoms with van der Waals surface area (Å²) in [5, 5.41) is 1.73. The number of aryl methyl sites for hydroxylation is 1. The molecule has 0 aliphatic heterocycles. The summed E-state index contributed by atoms with van der Waals surface area (Å²) in [6.45, 7) is 1.79. The Morgan fingerprint density at radius 1 is 1.00 bits per heavy atom. The molecule has 0 saturated heterocycles. The first kappa shape index (κ1) is 17.2. The lowest BCUT2D eigenvalue weighted by atomic mass is 10.1. The van der Waals surface area contributed by atoms with Gasteiger partial charge in [0.1, 0.15) is 0 Å². The fourth-order valence-corrected chi connectivity index (χ4v) is 1.69. The number of hydrogen-bond donors (Lipinski definition) is 0. The number of fused-ring (bicyclic) bond motifs is 1. The van der Waals surface area contributed by atoms with E-state index < -0.39 is 10.2 Å². The van der Waals surface area contributed by atoms with E-state index in [9.17, 15) is 4.79 Å². The molecule has 0 bridgehead atoms. The second kappa shape index (κ2) is 6.74. The third-order valence-electron chi connectivity index (χ3n) is 2.47. The molecule has 2 aromatic rings. The van der Waals surface area contributed by atoms with Crippen molar-refractivity contribution in [1.82, 2.24) is 0 Å². The molecule has 0 spiro atoms. The average Bonchev–Trinajstić information content (AvgIpc) is 2.35. The molecule has 21 heavy (non-hydrogen) atoms. The van der Waals surface area contributed by atoms with Crippen LogP contribution in [-0.4, -0.2) is 19.0 Å². The molecule has 1 aromatic heterocycles. The van der Waals surface area contributed by atoms with Gasteiger partial charge in [0, 0.05) is 12.3 Å². The van der Waals surface area contributed by atoms with Crippen LogP contribution in [0.5, 0.6) is 11.5 Å². The Balaban J connectivity index is 0.000000383.